The van der Waals surface area contributed by atoms with Crippen LogP contribution in [0.4, 0.5) is 0 Å². The molecule has 4 nitrogen and oxygen atoms in total. The van der Waals surface area contributed by atoms with E-state index >= 15 is 0 Å². The molecule has 100 valence electrons. The van der Waals surface area contributed by atoms with Gasteiger partial charge >= 0.3 is 0 Å². The van der Waals surface area contributed by atoms with Crippen LogP contribution in [0.25, 0.3) is 0 Å². The summed E-state index contributed by atoms with van der Waals surface area (Å²) in [5.41, 5.74) is 5.38. The maximum absolute atomic E-state index is 11.9. The van der Waals surface area contributed by atoms with Crippen molar-refractivity contribution >= 4 is 39.0 Å². The normalized spacial score (nSPS) is 21.3. The van der Waals surface area contributed by atoms with E-state index in [0.29, 0.717) is 6.54 Å². The highest BCUT2D eigenvalue weighted by atomic mass is 32.2. The molecule has 1 aliphatic rings. The van der Waals surface area contributed by atoms with Crippen molar-refractivity contribution in [2.24, 2.45) is 5.73 Å². The van der Waals surface area contributed by atoms with Crippen LogP contribution < -0.4 is 10.5 Å². The van der Waals surface area contributed by atoms with Gasteiger partial charge in [0.15, 0.2) is 0 Å². The molecule has 1 unspecified atom stereocenters. The molecule has 0 bridgehead atoms. The standard InChI is InChI=1S/C10H20N2O2S3/c1-8(9(11)15)17(13,14)12-7-10(16-2)5-3-4-6-10/h8,12H,3-7H2,1-2H3,(H2,11,15). The van der Waals surface area contributed by atoms with E-state index in [1.165, 1.54) is 19.8 Å². The molecule has 17 heavy (non-hydrogen) atoms. The molecule has 1 fully saturated rings. The Labute approximate surface area is 113 Å². The first-order valence-corrected chi connectivity index (χ1v) is 8.84. The predicted octanol–water partition coefficient (Wildman–Crippen LogP) is 1.26. The summed E-state index contributed by atoms with van der Waals surface area (Å²) in [7, 11) is -3.42. The summed E-state index contributed by atoms with van der Waals surface area (Å²) >= 11 is 6.47. The highest BCUT2D eigenvalue weighted by Crippen LogP contribution is 2.39. The van der Waals surface area contributed by atoms with Crippen molar-refractivity contribution < 1.29 is 8.42 Å². The molecule has 1 aliphatic carbocycles. The highest BCUT2D eigenvalue weighted by molar-refractivity contribution is 8.00. The van der Waals surface area contributed by atoms with Gasteiger partial charge < -0.3 is 5.73 Å². The number of thiocarbonyl (C=S) groups is 1. The van der Waals surface area contributed by atoms with E-state index in [1.807, 2.05) is 6.26 Å². The lowest BCUT2D eigenvalue weighted by atomic mass is 10.1. The predicted molar refractivity (Wildman–Crippen MR) is 77.9 cm³/mol. The van der Waals surface area contributed by atoms with Gasteiger partial charge in [-0.25, -0.2) is 13.1 Å². The Hall–Kier alpha value is 0.150. The fourth-order valence-corrected chi connectivity index (χ4v) is 4.40. The summed E-state index contributed by atoms with van der Waals surface area (Å²) in [6, 6.07) is 0. The van der Waals surface area contributed by atoms with Crippen LogP contribution in [0, 0.1) is 0 Å². The molecule has 1 rings (SSSR count). The Morgan fingerprint density at radius 2 is 2.06 bits per heavy atom. The summed E-state index contributed by atoms with van der Waals surface area (Å²) in [5, 5.41) is -0.808. The van der Waals surface area contributed by atoms with Crippen molar-refractivity contribution in [2.45, 2.75) is 42.6 Å². The van der Waals surface area contributed by atoms with Crippen LogP contribution in [0.2, 0.25) is 0 Å². The second kappa shape index (κ2) is 5.86. The minimum Gasteiger partial charge on any atom is -0.392 e. The number of hydrogen-bond acceptors (Lipinski definition) is 4. The van der Waals surface area contributed by atoms with E-state index in [-0.39, 0.29) is 9.74 Å². The molecule has 0 aromatic carbocycles. The first kappa shape index (κ1) is 15.2. The van der Waals surface area contributed by atoms with Gasteiger partial charge in [0.25, 0.3) is 0 Å². The zero-order valence-electron chi connectivity index (χ0n) is 10.2. The average Bonchev–Trinajstić information content (AvgIpc) is 2.75. The molecule has 0 aromatic rings. The number of nitrogens with one attached hydrogen (secondary N) is 1. The molecule has 0 amide bonds. The summed E-state index contributed by atoms with van der Waals surface area (Å²) in [4.78, 5) is 0.0159. The Kier molecular flexibility index (Phi) is 5.24. The molecule has 0 heterocycles. The van der Waals surface area contributed by atoms with Crippen LogP contribution >= 0.6 is 24.0 Å². The van der Waals surface area contributed by atoms with E-state index in [4.69, 9.17) is 18.0 Å². The van der Waals surface area contributed by atoms with Crippen molar-refractivity contribution in [3.05, 3.63) is 0 Å². The number of rotatable bonds is 6. The number of thioether (sulfide) groups is 1. The zero-order chi connectivity index (χ0) is 13.1. The summed E-state index contributed by atoms with van der Waals surface area (Å²) in [5.74, 6) is 0. The maximum atomic E-state index is 11.9. The maximum Gasteiger partial charge on any atom is 0.220 e. The minimum absolute atomic E-state index is 0.0159. The van der Waals surface area contributed by atoms with Gasteiger partial charge in [0.1, 0.15) is 5.25 Å². The van der Waals surface area contributed by atoms with Gasteiger partial charge in [0.05, 0.1) is 4.99 Å². The third kappa shape index (κ3) is 3.81. The SMILES string of the molecule is CSC1(CNS(=O)(=O)C(C)C(N)=S)CCCC1. The number of nitrogens with two attached hydrogens (primary N) is 1. The summed E-state index contributed by atoms with van der Waals surface area (Å²) < 4.78 is 26.5. The van der Waals surface area contributed by atoms with Crippen molar-refractivity contribution in [1.29, 1.82) is 0 Å². The molecule has 0 spiro atoms. The van der Waals surface area contributed by atoms with Gasteiger partial charge in [0.2, 0.25) is 10.0 Å². The number of sulfonamides is 1. The van der Waals surface area contributed by atoms with Crippen molar-refractivity contribution in [3.63, 3.8) is 0 Å². The molecule has 7 heteroatoms. The molecule has 0 aliphatic heterocycles. The molecule has 0 radical (unpaired) electrons. The smallest absolute Gasteiger partial charge is 0.220 e. The van der Waals surface area contributed by atoms with E-state index in [1.54, 1.807) is 11.8 Å². The van der Waals surface area contributed by atoms with Crippen LogP contribution in [-0.4, -0.2) is 36.2 Å². The van der Waals surface area contributed by atoms with Gasteiger partial charge in [-0.15, -0.1) is 0 Å². The molecule has 0 aromatic heterocycles. The Balaban J connectivity index is 2.63. The lowest BCUT2D eigenvalue weighted by molar-refractivity contribution is 0.549. The molecule has 1 saturated carbocycles. The summed E-state index contributed by atoms with van der Waals surface area (Å²) in [6.07, 6.45) is 6.52. The topological polar surface area (TPSA) is 72.2 Å². The van der Waals surface area contributed by atoms with Crippen molar-refractivity contribution in [1.82, 2.24) is 4.72 Å². The minimum atomic E-state index is -3.42. The van der Waals surface area contributed by atoms with Gasteiger partial charge in [-0.2, -0.15) is 11.8 Å². The zero-order valence-corrected chi connectivity index (χ0v) is 12.7. The van der Waals surface area contributed by atoms with Crippen LogP contribution in [-0.2, 0) is 10.0 Å². The Morgan fingerprint density at radius 3 is 2.47 bits per heavy atom. The average molecular weight is 296 g/mol. The molecular formula is C10H20N2O2S3. The second-order valence-corrected chi connectivity index (χ2v) is 8.34. The molecule has 1 atom stereocenters. The Morgan fingerprint density at radius 1 is 1.53 bits per heavy atom. The van der Waals surface area contributed by atoms with Crippen LogP contribution in [0.3, 0.4) is 0 Å². The Bertz CT molecular complexity index is 375. The first-order valence-electron chi connectivity index (χ1n) is 5.66. The highest BCUT2D eigenvalue weighted by Gasteiger charge is 2.35. The fraction of sp³-hybridized carbons (Fsp3) is 0.900. The van der Waals surface area contributed by atoms with Crippen LogP contribution in [0.15, 0.2) is 0 Å². The summed E-state index contributed by atoms with van der Waals surface area (Å²) in [6.45, 7) is 1.99. The molecular weight excluding hydrogens is 276 g/mol. The van der Waals surface area contributed by atoms with Gasteiger partial charge in [0, 0.05) is 11.3 Å². The van der Waals surface area contributed by atoms with E-state index < -0.39 is 15.3 Å². The van der Waals surface area contributed by atoms with Crippen molar-refractivity contribution in [2.75, 3.05) is 12.8 Å². The molecule has 0 saturated heterocycles. The largest absolute Gasteiger partial charge is 0.392 e. The molecule has 3 N–H and O–H groups in total. The first-order chi connectivity index (χ1) is 7.83. The van der Waals surface area contributed by atoms with Gasteiger partial charge in [-0.1, -0.05) is 25.1 Å². The quantitative estimate of drug-likeness (QED) is 0.722. The number of hydrogen-bond donors (Lipinski definition) is 2. The van der Waals surface area contributed by atoms with Gasteiger partial charge in [-0.3, -0.25) is 0 Å². The van der Waals surface area contributed by atoms with Crippen molar-refractivity contribution in [3.8, 4) is 0 Å². The fourth-order valence-electron chi connectivity index (χ4n) is 1.98. The third-order valence-electron chi connectivity index (χ3n) is 3.41. The lowest BCUT2D eigenvalue weighted by Gasteiger charge is -2.27. The van der Waals surface area contributed by atoms with Crippen LogP contribution in [0.5, 0.6) is 0 Å². The lowest BCUT2D eigenvalue weighted by Crippen LogP contribution is -2.45. The third-order valence-corrected chi connectivity index (χ3v) is 7.06. The van der Waals surface area contributed by atoms with Gasteiger partial charge in [-0.05, 0) is 26.0 Å². The van der Waals surface area contributed by atoms with E-state index in [9.17, 15) is 8.42 Å². The van der Waals surface area contributed by atoms with E-state index in [2.05, 4.69) is 4.72 Å². The van der Waals surface area contributed by atoms with Crippen LogP contribution in [0.1, 0.15) is 32.6 Å². The monoisotopic (exact) mass is 296 g/mol. The van der Waals surface area contributed by atoms with E-state index in [0.717, 1.165) is 12.8 Å². The second-order valence-electron chi connectivity index (χ2n) is 4.50.